The minimum Gasteiger partial charge on any atom is -0.508 e. The number of likely N-dealkylation sites (tertiary alicyclic amines) is 1. The smallest absolute Gasteiger partial charge is 0.247 e. The van der Waals surface area contributed by atoms with Crippen molar-refractivity contribution in [1.29, 1.82) is 0 Å². The van der Waals surface area contributed by atoms with Crippen LogP contribution in [0.5, 0.6) is 5.75 Å². The van der Waals surface area contributed by atoms with Crippen molar-refractivity contribution >= 4 is 70.9 Å². The molecule has 2 saturated heterocycles. The number of hydrogen-bond donors (Lipinski definition) is 12. The molecule has 12 amide bonds. The summed E-state index contributed by atoms with van der Waals surface area (Å²) in [7, 11) is 0. The van der Waals surface area contributed by atoms with Gasteiger partial charge in [-0.1, -0.05) is 62.7 Å². The lowest BCUT2D eigenvalue weighted by atomic mass is 9.96. The van der Waals surface area contributed by atoms with Gasteiger partial charge in [-0.25, -0.2) is 0 Å². The Bertz CT molecular complexity index is 2330. The van der Waals surface area contributed by atoms with E-state index in [1.165, 1.54) is 24.3 Å². The molecule has 2 aliphatic rings. The fourth-order valence-corrected chi connectivity index (χ4v) is 7.93. The van der Waals surface area contributed by atoms with Crippen molar-refractivity contribution in [1.82, 2.24) is 47.4 Å². The first-order chi connectivity index (χ1) is 34.1. The number of aromatic hydroxyl groups is 1. The normalized spacial score (nSPS) is 22.5. The lowest BCUT2D eigenvalue weighted by molar-refractivity contribution is -0.142. The fourth-order valence-electron chi connectivity index (χ4n) is 7.93. The summed E-state index contributed by atoms with van der Waals surface area (Å²) in [6.45, 7) is 2.12. The van der Waals surface area contributed by atoms with Gasteiger partial charge in [0, 0.05) is 45.2 Å². The quantitative estimate of drug-likeness (QED) is 0.0716. The van der Waals surface area contributed by atoms with Gasteiger partial charge in [-0.3, -0.25) is 57.5 Å². The van der Waals surface area contributed by atoms with Crippen LogP contribution in [-0.2, 0) is 70.4 Å². The number of amides is 12. The summed E-state index contributed by atoms with van der Waals surface area (Å²) in [6.07, 6.45) is -2.24. The standard InChI is InChI=1S/C47H64N12O13/c1-3-25(2)40-46(71)54-29(15-16-35(48)61)42(67)55-32(22-36(49)62)43(68)57-33(23-51-38(64)17-18-39(65)53-31(44(69)58-40)21-27-11-13-28(60)14-12-27)47(72)59-19-7-10-34(59)45(70)56-30(41(66)52-24-37(50)63)20-26-8-5-4-6-9-26/h4-6,8-9,11-14,25,29-34,40,60H,3,7,10,15-24H2,1-2H3,(H2,48,61)(H2,49,62)(H2,50,63)(H,51,64)(H,52,66)(H,53,65)(H,54,71)(H,55,67)(H,56,70)(H,57,68)(H,58,69)/t25?,29-,30-,31-,32-,33-,34?,40?/m0/s1. The summed E-state index contributed by atoms with van der Waals surface area (Å²) in [5.74, 6) is -11.5. The first-order valence-corrected chi connectivity index (χ1v) is 23.5. The molecule has 2 aromatic carbocycles. The van der Waals surface area contributed by atoms with E-state index in [9.17, 15) is 62.6 Å². The maximum absolute atomic E-state index is 14.5. The number of nitrogens with two attached hydrogens (primary N) is 3. The van der Waals surface area contributed by atoms with Crippen molar-refractivity contribution in [2.75, 3.05) is 19.6 Å². The zero-order valence-electron chi connectivity index (χ0n) is 40.0. The van der Waals surface area contributed by atoms with Gasteiger partial charge in [-0.2, -0.15) is 0 Å². The summed E-state index contributed by atoms with van der Waals surface area (Å²) >= 11 is 0. The molecule has 0 bridgehead atoms. The second kappa shape index (κ2) is 27.3. The van der Waals surface area contributed by atoms with Gasteiger partial charge in [0.1, 0.15) is 48.0 Å². The second-order valence-electron chi connectivity index (χ2n) is 17.7. The maximum Gasteiger partial charge on any atom is 0.247 e. The van der Waals surface area contributed by atoms with Crippen LogP contribution in [0.4, 0.5) is 0 Å². The molecule has 0 saturated carbocycles. The molecule has 3 unspecified atom stereocenters. The molecule has 0 radical (unpaired) electrons. The molecule has 2 fully saturated rings. The fraction of sp³-hybridized carbons (Fsp3) is 0.489. The number of carbonyl (C=O) groups is 12. The van der Waals surface area contributed by atoms with Crippen molar-refractivity contribution < 1.29 is 62.6 Å². The predicted molar refractivity (Wildman–Crippen MR) is 254 cm³/mol. The van der Waals surface area contributed by atoms with Crippen molar-refractivity contribution in [3.63, 3.8) is 0 Å². The van der Waals surface area contributed by atoms with Crippen LogP contribution in [0.3, 0.4) is 0 Å². The van der Waals surface area contributed by atoms with E-state index >= 15 is 0 Å². The van der Waals surface area contributed by atoms with Gasteiger partial charge < -0.3 is 69.7 Å². The summed E-state index contributed by atoms with van der Waals surface area (Å²) in [6, 6.07) is 3.97. The summed E-state index contributed by atoms with van der Waals surface area (Å²) in [5.41, 5.74) is 17.3. The number of phenolic OH excluding ortho intramolecular Hbond substituents is 1. The zero-order chi connectivity index (χ0) is 53.1. The molecule has 4 rings (SSSR count). The van der Waals surface area contributed by atoms with Crippen LogP contribution in [0.2, 0.25) is 0 Å². The number of phenols is 1. The lowest BCUT2D eigenvalue weighted by Crippen LogP contribution is -2.62. The second-order valence-corrected chi connectivity index (χ2v) is 17.7. The van der Waals surface area contributed by atoms with Crippen LogP contribution in [0.1, 0.15) is 76.3 Å². The Kier molecular flexibility index (Phi) is 21.4. The molecule has 72 heavy (non-hydrogen) atoms. The van der Waals surface area contributed by atoms with Crippen LogP contribution in [-0.4, -0.2) is 143 Å². The molecule has 8 atom stereocenters. The van der Waals surface area contributed by atoms with E-state index in [0.717, 1.165) is 4.90 Å². The molecular weight excluding hydrogens is 941 g/mol. The molecule has 25 nitrogen and oxygen atoms in total. The molecule has 0 aromatic heterocycles. The van der Waals surface area contributed by atoms with Crippen molar-refractivity contribution in [3.05, 3.63) is 65.7 Å². The predicted octanol–water partition coefficient (Wildman–Crippen LogP) is -4.22. The first-order valence-electron chi connectivity index (χ1n) is 23.5. The van der Waals surface area contributed by atoms with Crippen molar-refractivity contribution in [3.8, 4) is 5.75 Å². The van der Waals surface area contributed by atoms with Gasteiger partial charge in [-0.15, -0.1) is 0 Å². The molecule has 25 heteroatoms. The highest BCUT2D eigenvalue weighted by Gasteiger charge is 2.41. The number of benzene rings is 2. The minimum atomic E-state index is -1.84. The topological polar surface area (TPSA) is 403 Å². The highest BCUT2D eigenvalue weighted by Crippen LogP contribution is 2.20. The third kappa shape index (κ3) is 17.7. The molecule has 2 heterocycles. The Hall–Kier alpha value is -8.12. The highest BCUT2D eigenvalue weighted by atomic mass is 16.3. The monoisotopic (exact) mass is 1000 g/mol. The number of hydrogen-bond acceptors (Lipinski definition) is 13. The van der Waals surface area contributed by atoms with Gasteiger partial charge in [0.05, 0.1) is 13.0 Å². The number of nitrogens with zero attached hydrogens (tertiary/aromatic N) is 1. The van der Waals surface area contributed by atoms with E-state index in [4.69, 9.17) is 17.2 Å². The van der Waals surface area contributed by atoms with E-state index in [0.29, 0.717) is 17.5 Å². The zero-order valence-corrected chi connectivity index (χ0v) is 40.0. The van der Waals surface area contributed by atoms with Crippen LogP contribution < -0.4 is 59.7 Å². The van der Waals surface area contributed by atoms with Gasteiger partial charge in [-0.05, 0) is 48.4 Å². The largest absolute Gasteiger partial charge is 0.508 e. The number of primary amides is 3. The minimum absolute atomic E-state index is 0.0225. The Morgan fingerprint density at radius 3 is 2.01 bits per heavy atom. The SMILES string of the molecule is CCC(C)C1NC(=O)[C@H](Cc2ccc(O)cc2)NC(=O)CCC(=O)NC[C@@H](C(=O)N2CCCC2C(=O)N[C@@H](Cc2ccccc2)C(=O)NCC(N)=O)NC(=O)[C@H](CC(N)=O)NC(=O)[C@H](CCC(N)=O)NC1=O. The van der Waals surface area contributed by atoms with E-state index in [1.54, 1.807) is 44.2 Å². The third-order valence-electron chi connectivity index (χ3n) is 12.1. The molecule has 390 valence electrons. The number of nitrogens with one attached hydrogen (secondary N) is 8. The van der Waals surface area contributed by atoms with E-state index in [2.05, 4.69) is 42.5 Å². The van der Waals surface area contributed by atoms with Gasteiger partial charge in [0.2, 0.25) is 70.9 Å². The number of carbonyl (C=O) groups excluding carboxylic acids is 12. The molecule has 15 N–H and O–H groups in total. The van der Waals surface area contributed by atoms with Crippen molar-refractivity contribution in [2.45, 2.75) is 120 Å². The van der Waals surface area contributed by atoms with E-state index in [1.807, 2.05) is 0 Å². The van der Waals surface area contributed by atoms with Gasteiger partial charge in [0.25, 0.3) is 0 Å². The summed E-state index contributed by atoms with van der Waals surface area (Å²) in [5, 5.41) is 29.8. The first kappa shape index (κ1) is 56.5. The van der Waals surface area contributed by atoms with Crippen LogP contribution >= 0.6 is 0 Å². The highest BCUT2D eigenvalue weighted by molar-refractivity contribution is 6.00. The van der Waals surface area contributed by atoms with Gasteiger partial charge in [0.15, 0.2) is 0 Å². The number of rotatable bonds is 17. The average Bonchev–Trinajstić information content (AvgIpc) is 3.84. The molecule has 2 aliphatic heterocycles. The Morgan fingerprint density at radius 2 is 1.38 bits per heavy atom. The Labute approximate surface area is 414 Å². The molecular formula is C47H64N12O13. The van der Waals surface area contributed by atoms with Crippen LogP contribution in [0.25, 0.3) is 0 Å². The van der Waals surface area contributed by atoms with Gasteiger partial charge >= 0.3 is 0 Å². The molecule has 0 aliphatic carbocycles. The van der Waals surface area contributed by atoms with E-state index in [-0.39, 0.29) is 38.0 Å². The molecule has 2 aromatic rings. The summed E-state index contributed by atoms with van der Waals surface area (Å²) < 4.78 is 0. The maximum atomic E-state index is 14.5. The average molecular weight is 1010 g/mol. The van der Waals surface area contributed by atoms with Crippen molar-refractivity contribution in [2.24, 2.45) is 23.1 Å². The van der Waals surface area contributed by atoms with Crippen LogP contribution in [0, 0.1) is 5.92 Å². The Balaban J connectivity index is 1.70. The third-order valence-corrected chi connectivity index (χ3v) is 12.1. The molecule has 0 spiro atoms. The lowest BCUT2D eigenvalue weighted by Gasteiger charge is -2.31. The van der Waals surface area contributed by atoms with Crippen LogP contribution in [0.15, 0.2) is 54.6 Å². The Morgan fingerprint density at radius 1 is 0.736 bits per heavy atom. The summed E-state index contributed by atoms with van der Waals surface area (Å²) in [4.78, 5) is 162. The van der Waals surface area contributed by atoms with E-state index < -0.39 is 164 Å².